The minimum absolute atomic E-state index is 0.211. The summed E-state index contributed by atoms with van der Waals surface area (Å²) >= 11 is 0. The van der Waals surface area contributed by atoms with Gasteiger partial charge in [-0.05, 0) is 51.6 Å². The third-order valence-electron chi connectivity index (χ3n) is 3.61. The molecule has 0 aromatic heterocycles. The van der Waals surface area contributed by atoms with E-state index in [1.54, 1.807) is 0 Å². The summed E-state index contributed by atoms with van der Waals surface area (Å²) in [6.45, 7) is 6.92. The Bertz CT molecular complexity index is 197. The molecule has 2 unspecified atom stereocenters. The molecule has 0 saturated heterocycles. The molecule has 0 aliphatic rings. The highest BCUT2D eigenvalue weighted by molar-refractivity contribution is 4.84. The number of nitrogens with two attached hydrogens (primary N) is 1. The minimum Gasteiger partial charge on any atom is -0.316 e. The van der Waals surface area contributed by atoms with E-state index in [1.165, 1.54) is 19.3 Å². The highest BCUT2D eigenvalue weighted by Gasteiger charge is 2.08. The lowest BCUT2D eigenvalue weighted by molar-refractivity contribution is 0.281. The lowest BCUT2D eigenvalue weighted by Gasteiger charge is -2.18. The molecule has 102 valence electrons. The Kier molecular flexibility index (Phi) is 9.47. The first-order valence-electron chi connectivity index (χ1n) is 7.06. The molecule has 0 aliphatic heterocycles. The Morgan fingerprint density at radius 3 is 2.29 bits per heavy atom. The van der Waals surface area contributed by atoms with Crippen LogP contribution in [0.5, 0.6) is 0 Å². The maximum absolute atomic E-state index is 5.94. The summed E-state index contributed by atoms with van der Waals surface area (Å²) in [6, 6.07) is 0. The lowest BCUT2D eigenvalue weighted by atomic mass is 9.90. The third kappa shape index (κ3) is 8.39. The minimum atomic E-state index is 0.211. The van der Waals surface area contributed by atoms with E-state index in [0.29, 0.717) is 0 Å². The molecule has 2 atom stereocenters. The van der Waals surface area contributed by atoms with Gasteiger partial charge in [-0.2, -0.15) is 0 Å². The third-order valence-corrected chi connectivity index (χ3v) is 3.61. The molecule has 17 heavy (non-hydrogen) atoms. The molecule has 0 bridgehead atoms. The molecule has 0 aromatic carbocycles. The van der Waals surface area contributed by atoms with Gasteiger partial charge in [0, 0.05) is 0 Å². The molecule has 0 rings (SSSR count). The fourth-order valence-electron chi connectivity index (χ4n) is 2.00. The molecule has 2 N–H and O–H groups in total. The van der Waals surface area contributed by atoms with E-state index in [2.05, 4.69) is 37.8 Å². The summed E-state index contributed by atoms with van der Waals surface area (Å²) in [5.41, 5.74) is 5.94. The normalized spacial score (nSPS) is 16.0. The van der Waals surface area contributed by atoms with Crippen LogP contribution in [-0.2, 0) is 0 Å². The molecule has 0 aromatic rings. The Hall–Kier alpha value is -0.340. The van der Waals surface area contributed by atoms with Crippen molar-refractivity contribution in [1.82, 2.24) is 4.90 Å². The van der Waals surface area contributed by atoms with Gasteiger partial charge in [-0.15, -0.1) is 0 Å². The van der Waals surface area contributed by atoms with Crippen LogP contribution in [0.1, 0.15) is 52.9 Å². The van der Waals surface area contributed by atoms with Crippen molar-refractivity contribution < 1.29 is 0 Å². The summed E-state index contributed by atoms with van der Waals surface area (Å²) in [5, 5.41) is 0. The predicted molar refractivity (Wildman–Crippen MR) is 77.9 cm³/mol. The van der Waals surface area contributed by atoms with Crippen LogP contribution in [0, 0.1) is 11.8 Å². The van der Waals surface area contributed by atoms with Gasteiger partial charge in [-0.25, -0.2) is 0 Å². The molecular weight excluding hydrogens is 208 g/mol. The van der Waals surface area contributed by atoms with Crippen LogP contribution < -0.4 is 5.73 Å². The van der Waals surface area contributed by atoms with Crippen molar-refractivity contribution in [2.45, 2.75) is 59.0 Å². The second kappa shape index (κ2) is 9.67. The van der Waals surface area contributed by atoms with E-state index in [4.69, 9.17) is 5.73 Å². The second-order valence-corrected chi connectivity index (χ2v) is 5.58. The quantitative estimate of drug-likeness (QED) is 0.379. The summed E-state index contributed by atoms with van der Waals surface area (Å²) in [7, 11) is 4.07. The number of rotatable bonds is 9. The van der Waals surface area contributed by atoms with Gasteiger partial charge < -0.3 is 5.73 Å². The maximum atomic E-state index is 5.94. The Morgan fingerprint density at radius 2 is 1.82 bits per heavy atom. The Balaban J connectivity index is 3.61. The molecule has 0 saturated carbocycles. The van der Waals surface area contributed by atoms with Gasteiger partial charge in [0.25, 0.3) is 0 Å². The standard InChI is InChI=1S/C15H32N2/c1-6-14(13(2)3)11-9-7-8-10-12-15(16)17(4)5/h7,9,13-15H,6,8,10-12,16H2,1-5H3. The van der Waals surface area contributed by atoms with E-state index < -0.39 is 0 Å². The Morgan fingerprint density at radius 1 is 1.18 bits per heavy atom. The molecule has 0 radical (unpaired) electrons. The van der Waals surface area contributed by atoms with Gasteiger partial charge >= 0.3 is 0 Å². The predicted octanol–water partition coefficient (Wildman–Crippen LogP) is 3.63. The van der Waals surface area contributed by atoms with Crippen molar-refractivity contribution in [2.24, 2.45) is 17.6 Å². The number of allylic oxidation sites excluding steroid dienone is 2. The van der Waals surface area contributed by atoms with Crippen LogP contribution in [-0.4, -0.2) is 25.2 Å². The number of unbranched alkanes of at least 4 members (excludes halogenated alkanes) is 1. The molecule has 2 heteroatoms. The average Bonchev–Trinajstić information content (AvgIpc) is 2.27. The first-order valence-corrected chi connectivity index (χ1v) is 7.06. The first kappa shape index (κ1) is 16.7. The molecular formula is C15H32N2. The summed E-state index contributed by atoms with van der Waals surface area (Å²) < 4.78 is 0. The number of hydrogen-bond donors (Lipinski definition) is 1. The van der Waals surface area contributed by atoms with E-state index in [0.717, 1.165) is 24.7 Å². The SMILES string of the molecule is CCC(CC=CCCCC(N)N(C)C)C(C)C. The van der Waals surface area contributed by atoms with Crippen LogP contribution in [0.3, 0.4) is 0 Å². The van der Waals surface area contributed by atoms with Gasteiger partial charge in [0.15, 0.2) is 0 Å². The van der Waals surface area contributed by atoms with E-state index in [-0.39, 0.29) is 6.17 Å². The maximum Gasteiger partial charge on any atom is 0.0566 e. The van der Waals surface area contributed by atoms with Crippen molar-refractivity contribution in [3.05, 3.63) is 12.2 Å². The molecule has 2 nitrogen and oxygen atoms in total. The van der Waals surface area contributed by atoms with Gasteiger partial charge in [-0.1, -0.05) is 39.3 Å². The summed E-state index contributed by atoms with van der Waals surface area (Å²) in [6.07, 6.45) is 10.8. The van der Waals surface area contributed by atoms with Gasteiger partial charge in [0.2, 0.25) is 0 Å². The molecule has 0 spiro atoms. The largest absolute Gasteiger partial charge is 0.316 e. The van der Waals surface area contributed by atoms with Crippen molar-refractivity contribution in [3.63, 3.8) is 0 Å². The van der Waals surface area contributed by atoms with E-state index in [9.17, 15) is 0 Å². The average molecular weight is 240 g/mol. The second-order valence-electron chi connectivity index (χ2n) is 5.58. The van der Waals surface area contributed by atoms with Crippen LogP contribution in [0.15, 0.2) is 12.2 Å². The van der Waals surface area contributed by atoms with Gasteiger partial charge in [0.1, 0.15) is 0 Å². The van der Waals surface area contributed by atoms with E-state index >= 15 is 0 Å². The fraction of sp³-hybridized carbons (Fsp3) is 0.867. The first-order chi connectivity index (χ1) is 7.99. The number of hydrogen-bond acceptors (Lipinski definition) is 2. The smallest absolute Gasteiger partial charge is 0.0566 e. The van der Waals surface area contributed by atoms with Gasteiger partial charge in [-0.3, -0.25) is 4.90 Å². The van der Waals surface area contributed by atoms with Crippen LogP contribution >= 0.6 is 0 Å². The zero-order chi connectivity index (χ0) is 13.3. The highest BCUT2D eigenvalue weighted by Crippen LogP contribution is 2.19. The van der Waals surface area contributed by atoms with Crippen LogP contribution in [0.2, 0.25) is 0 Å². The van der Waals surface area contributed by atoms with Crippen molar-refractivity contribution in [2.75, 3.05) is 14.1 Å². The topological polar surface area (TPSA) is 29.3 Å². The van der Waals surface area contributed by atoms with Crippen molar-refractivity contribution in [1.29, 1.82) is 0 Å². The molecule has 0 fully saturated rings. The van der Waals surface area contributed by atoms with Crippen molar-refractivity contribution >= 4 is 0 Å². The zero-order valence-electron chi connectivity index (χ0n) is 12.4. The zero-order valence-corrected chi connectivity index (χ0v) is 12.4. The Labute approximate surface area is 108 Å². The monoisotopic (exact) mass is 240 g/mol. The highest BCUT2D eigenvalue weighted by atomic mass is 15.2. The lowest BCUT2D eigenvalue weighted by Crippen LogP contribution is -2.35. The molecule has 0 aliphatic carbocycles. The van der Waals surface area contributed by atoms with E-state index in [1.807, 2.05) is 14.1 Å². The summed E-state index contributed by atoms with van der Waals surface area (Å²) in [5.74, 6) is 1.64. The molecule has 0 amide bonds. The van der Waals surface area contributed by atoms with Crippen LogP contribution in [0.4, 0.5) is 0 Å². The van der Waals surface area contributed by atoms with Gasteiger partial charge in [0.05, 0.1) is 6.17 Å². The van der Waals surface area contributed by atoms with Crippen molar-refractivity contribution in [3.8, 4) is 0 Å². The molecule has 0 heterocycles. The van der Waals surface area contributed by atoms with Crippen LogP contribution in [0.25, 0.3) is 0 Å². The number of nitrogens with zero attached hydrogens (tertiary/aromatic N) is 1. The fourth-order valence-corrected chi connectivity index (χ4v) is 2.00. The summed E-state index contributed by atoms with van der Waals surface area (Å²) in [4.78, 5) is 2.08.